The first kappa shape index (κ1) is 23.4. The molecule has 0 saturated heterocycles. The molecule has 1 aliphatic heterocycles. The van der Waals surface area contributed by atoms with Gasteiger partial charge in [0.05, 0.1) is 30.3 Å². The summed E-state index contributed by atoms with van der Waals surface area (Å²) in [6.45, 7) is 6.75. The predicted molar refractivity (Wildman–Crippen MR) is 139 cm³/mol. The van der Waals surface area contributed by atoms with E-state index >= 15 is 0 Å². The van der Waals surface area contributed by atoms with Gasteiger partial charge in [-0.25, -0.2) is 0 Å². The Balaban J connectivity index is 1.53. The van der Waals surface area contributed by atoms with E-state index in [1.807, 2.05) is 92.1 Å². The Morgan fingerprint density at radius 2 is 1.86 bits per heavy atom. The Hall–Kier alpha value is -4.37. The number of benzene rings is 3. The molecule has 0 N–H and O–H groups in total. The number of fused-ring (bicyclic) bond motifs is 1. The number of aromatic nitrogens is 2. The Labute approximate surface area is 210 Å². The van der Waals surface area contributed by atoms with Crippen LogP contribution in [0.15, 0.2) is 71.5 Å². The van der Waals surface area contributed by atoms with Gasteiger partial charge in [-0.05, 0) is 66.8 Å². The summed E-state index contributed by atoms with van der Waals surface area (Å²) in [4.78, 5) is 17.4. The van der Waals surface area contributed by atoms with Gasteiger partial charge in [-0.2, -0.15) is 10.2 Å². The number of nitrogens with zero attached hydrogens (tertiary/aromatic N) is 3. The Morgan fingerprint density at radius 1 is 1.11 bits per heavy atom. The molecule has 0 amide bonds. The van der Waals surface area contributed by atoms with Crippen LogP contribution < -0.4 is 15.0 Å². The molecule has 3 aromatic carbocycles. The second-order valence-electron chi connectivity index (χ2n) is 8.99. The highest BCUT2D eigenvalue weighted by Gasteiger charge is 2.22. The fraction of sp³-hybridized carbons (Fsp3) is 0.233. The van der Waals surface area contributed by atoms with Crippen LogP contribution in [0.1, 0.15) is 36.2 Å². The average molecular weight is 478 g/mol. The molecule has 36 heavy (non-hydrogen) atoms. The molecular weight excluding hydrogens is 450 g/mol. The van der Waals surface area contributed by atoms with Crippen molar-refractivity contribution in [2.45, 2.75) is 39.8 Å². The van der Waals surface area contributed by atoms with Crippen molar-refractivity contribution in [2.75, 3.05) is 6.61 Å². The fourth-order valence-electron chi connectivity index (χ4n) is 4.78. The standard InChI is InChI=1S/C30H27N3O3/c1-4-35-30-32-29(34)28(23-13-14-27-25(16-23)15-19(2)36-27)20(3)33(30)18-21-9-11-22(12-10-21)26-8-6-5-7-24(26)17-31/h5-14,16,19H,4,15,18H2,1-3H3. The van der Waals surface area contributed by atoms with Crippen LogP contribution in [0.2, 0.25) is 0 Å². The third-order valence-corrected chi connectivity index (χ3v) is 6.52. The molecule has 1 aromatic heterocycles. The lowest BCUT2D eigenvalue weighted by Gasteiger charge is -2.19. The summed E-state index contributed by atoms with van der Waals surface area (Å²) < 4.78 is 13.5. The van der Waals surface area contributed by atoms with Gasteiger partial charge in [-0.15, -0.1) is 0 Å². The lowest BCUT2D eigenvalue weighted by atomic mass is 9.99. The van der Waals surface area contributed by atoms with Crippen molar-refractivity contribution in [3.63, 3.8) is 0 Å². The fourth-order valence-corrected chi connectivity index (χ4v) is 4.78. The summed E-state index contributed by atoms with van der Waals surface area (Å²) in [7, 11) is 0. The van der Waals surface area contributed by atoms with Crippen molar-refractivity contribution in [3.8, 4) is 40.1 Å². The first-order valence-corrected chi connectivity index (χ1v) is 12.1. The van der Waals surface area contributed by atoms with Gasteiger partial charge in [0.25, 0.3) is 11.6 Å². The zero-order valence-electron chi connectivity index (χ0n) is 20.6. The normalized spacial score (nSPS) is 14.1. The van der Waals surface area contributed by atoms with Gasteiger partial charge in [0.2, 0.25) is 0 Å². The van der Waals surface area contributed by atoms with Crippen LogP contribution in [0, 0.1) is 18.3 Å². The number of hydrogen-bond donors (Lipinski definition) is 0. The SMILES string of the molecule is CCOc1nc(=O)c(-c2ccc3c(c2)CC(C)O3)c(C)n1Cc1ccc(-c2ccccc2C#N)cc1. The Morgan fingerprint density at radius 3 is 2.61 bits per heavy atom. The lowest BCUT2D eigenvalue weighted by molar-refractivity contribution is 0.254. The average Bonchev–Trinajstić information content (AvgIpc) is 3.26. The van der Waals surface area contributed by atoms with E-state index in [1.165, 1.54) is 0 Å². The minimum atomic E-state index is -0.303. The zero-order valence-corrected chi connectivity index (χ0v) is 20.6. The van der Waals surface area contributed by atoms with Gasteiger partial charge >= 0.3 is 0 Å². The molecule has 1 atom stereocenters. The summed E-state index contributed by atoms with van der Waals surface area (Å²) in [6.07, 6.45) is 0.955. The maximum absolute atomic E-state index is 13.1. The first-order valence-electron chi connectivity index (χ1n) is 12.1. The topological polar surface area (TPSA) is 77.1 Å². The highest BCUT2D eigenvalue weighted by atomic mass is 16.5. The van der Waals surface area contributed by atoms with Gasteiger partial charge in [0.1, 0.15) is 11.9 Å². The van der Waals surface area contributed by atoms with E-state index in [2.05, 4.69) is 11.1 Å². The molecule has 4 aromatic rings. The minimum absolute atomic E-state index is 0.134. The molecule has 0 spiro atoms. The highest BCUT2D eigenvalue weighted by Crippen LogP contribution is 2.33. The van der Waals surface area contributed by atoms with E-state index in [1.54, 1.807) is 0 Å². The summed E-state index contributed by atoms with van der Waals surface area (Å²) in [5.74, 6) is 0.876. The zero-order chi connectivity index (χ0) is 25.2. The molecular formula is C30H27N3O3. The third kappa shape index (κ3) is 4.36. The summed E-state index contributed by atoms with van der Waals surface area (Å²) >= 11 is 0. The molecule has 6 nitrogen and oxygen atoms in total. The van der Waals surface area contributed by atoms with Crippen LogP contribution in [-0.4, -0.2) is 22.3 Å². The Kier molecular flexibility index (Phi) is 6.30. The van der Waals surface area contributed by atoms with Crippen LogP contribution in [0.3, 0.4) is 0 Å². The smallest absolute Gasteiger partial charge is 0.300 e. The van der Waals surface area contributed by atoms with E-state index in [4.69, 9.17) is 9.47 Å². The molecule has 6 heteroatoms. The molecule has 1 aliphatic rings. The van der Waals surface area contributed by atoms with E-state index in [0.717, 1.165) is 45.7 Å². The van der Waals surface area contributed by atoms with Crippen LogP contribution in [0.4, 0.5) is 0 Å². The van der Waals surface area contributed by atoms with Crippen molar-refractivity contribution in [3.05, 3.63) is 99.5 Å². The highest BCUT2D eigenvalue weighted by molar-refractivity contribution is 5.71. The number of ether oxygens (including phenoxy) is 2. The maximum atomic E-state index is 13.1. The molecule has 0 radical (unpaired) electrons. The van der Waals surface area contributed by atoms with Crippen LogP contribution in [0.5, 0.6) is 11.8 Å². The summed E-state index contributed by atoms with van der Waals surface area (Å²) in [6, 6.07) is 24.1. The third-order valence-electron chi connectivity index (χ3n) is 6.52. The van der Waals surface area contributed by atoms with E-state index in [0.29, 0.717) is 30.3 Å². The second kappa shape index (κ2) is 9.71. The van der Waals surface area contributed by atoms with E-state index < -0.39 is 0 Å². The van der Waals surface area contributed by atoms with Gasteiger partial charge in [0, 0.05) is 12.1 Å². The summed E-state index contributed by atoms with van der Waals surface area (Å²) in [5, 5.41) is 9.44. The van der Waals surface area contributed by atoms with Crippen molar-refractivity contribution in [1.29, 1.82) is 5.26 Å². The number of nitriles is 1. The number of hydrogen-bond acceptors (Lipinski definition) is 5. The minimum Gasteiger partial charge on any atom is -0.490 e. The van der Waals surface area contributed by atoms with Crippen LogP contribution in [-0.2, 0) is 13.0 Å². The first-order chi connectivity index (χ1) is 17.5. The van der Waals surface area contributed by atoms with E-state index in [-0.39, 0.29) is 11.7 Å². The molecule has 0 saturated carbocycles. The molecule has 0 fully saturated rings. The quantitative estimate of drug-likeness (QED) is 0.365. The van der Waals surface area contributed by atoms with Gasteiger partial charge < -0.3 is 9.47 Å². The van der Waals surface area contributed by atoms with E-state index in [9.17, 15) is 10.1 Å². The molecule has 180 valence electrons. The largest absolute Gasteiger partial charge is 0.490 e. The van der Waals surface area contributed by atoms with Gasteiger partial charge in [0.15, 0.2) is 0 Å². The molecule has 1 unspecified atom stereocenters. The van der Waals surface area contributed by atoms with Crippen molar-refractivity contribution < 1.29 is 9.47 Å². The molecule has 5 rings (SSSR count). The summed E-state index contributed by atoms with van der Waals surface area (Å²) in [5.41, 5.74) is 6.56. The van der Waals surface area contributed by atoms with Crippen LogP contribution >= 0.6 is 0 Å². The van der Waals surface area contributed by atoms with Crippen LogP contribution in [0.25, 0.3) is 22.3 Å². The lowest BCUT2D eigenvalue weighted by Crippen LogP contribution is -2.21. The van der Waals surface area contributed by atoms with Crippen molar-refractivity contribution in [1.82, 2.24) is 9.55 Å². The predicted octanol–water partition coefficient (Wildman–Crippen LogP) is 5.53. The monoisotopic (exact) mass is 477 g/mol. The Bertz CT molecular complexity index is 1530. The molecule has 0 aliphatic carbocycles. The van der Waals surface area contributed by atoms with Crippen molar-refractivity contribution >= 4 is 0 Å². The van der Waals surface area contributed by atoms with Gasteiger partial charge in [-0.1, -0.05) is 48.5 Å². The maximum Gasteiger partial charge on any atom is 0.300 e. The molecule has 0 bridgehead atoms. The molecule has 2 heterocycles. The van der Waals surface area contributed by atoms with Crippen molar-refractivity contribution in [2.24, 2.45) is 0 Å². The number of rotatable bonds is 6. The second-order valence-corrected chi connectivity index (χ2v) is 8.99. The van der Waals surface area contributed by atoms with Gasteiger partial charge in [-0.3, -0.25) is 9.36 Å².